The molecule has 0 saturated heterocycles. The molecule has 1 heterocycles. The first-order valence-corrected chi connectivity index (χ1v) is 6.48. The molecule has 0 spiro atoms. The van der Waals surface area contributed by atoms with Gasteiger partial charge in [0.2, 0.25) is 0 Å². The maximum absolute atomic E-state index is 12.2. The number of carbonyl (C=O) groups is 3. The number of aromatic nitrogens is 2. The van der Waals surface area contributed by atoms with Gasteiger partial charge in [0, 0.05) is 12.8 Å². The van der Waals surface area contributed by atoms with Crippen LogP contribution in [0.25, 0.3) is 0 Å². The minimum absolute atomic E-state index is 0.264. The van der Waals surface area contributed by atoms with E-state index in [9.17, 15) is 14.4 Å². The summed E-state index contributed by atoms with van der Waals surface area (Å²) in [5, 5.41) is 3.74. The maximum atomic E-state index is 12.2. The third-order valence-corrected chi connectivity index (χ3v) is 3.93. The van der Waals surface area contributed by atoms with Crippen LogP contribution in [-0.2, 0) is 9.59 Å². The summed E-state index contributed by atoms with van der Waals surface area (Å²) in [5.74, 6) is -2.14. The monoisotopic (exact) mass is 266 g/mol. The molecule has 1 fully saturated rings. The number of hydrogen-bond acceptors (Lipinski definition) is 6. The van der Waals surface area contributed by atoms with Gasteiger partial charge in [-0.3, -0.25) is 14.4 Å². The van der Waals surface area contributed by atoms with Gasteiger partial charge in [-0.25, -0.2) is 0 Å². The quantitative estimate of drug-likeness (QED) is 0.600. The molecule has 6 heteroatoms. The lowest BCUT2D eigenvalue weighted by Crippen LogP contribution is -2.41. The van der Waals surface area contributed by atoms with Crippen LogP contribution in [0.2, 0.25) is 0 Å². The van der Waals surface area contributed by atoms with E-state index in [0.29, 0.717) is 10.6 Å². The zero-order valence-corrected chi connectivity index (χ0v) is 11.3. The number of rotatable bonds is 2. The second-order valence-corrected chi connectivity index (χ2v) is 6.19. The largest absolute Gasteiger partial charge is 0.298 e. The van der Waals surface area contributed by atoms with Gasteiger partial charge >= 0.3 is 0 Å². The Bertz CT molecular complexity index is 513. The van der Waals surface area contributed by atoms with Crippen molar-refractivity contribution in [1.82, 2.24) is 9.59 Å². The van der Waals surface area contributed by atoms with Gasteiger partial charge in [0.15, 0.2) is 17.3 Å². The molecule has 0 unspecified atom stereocenters. The number of ketones is 3. The maximum Gasteiger partial charge on any atom is 0.194 e. The van der Waals surface area contributed by atoms with E-state index in [1.165, 1.54) is 0 Å². The highest BCUT2D eigenvalue weighted by Gasteiger charge is 2.44. The van der Waals surface area contributed by atoms with Gasteiger partial charge in [0.05, 0.1) is 5.69 Å². The minimum Gasteiger partial charge on any atom is -0.298 e. The van der Waals surface area contributed by atoms with E-state index in [4.69, 9.17) is 0 Å². The molecule has 1 aliphatic carbocycles. The van der Waals surface area contributed by atoms with Gasteiger partial charge in [0.25, 0.3) is 0 Å². The molecule has 2 rings (SSSR count). The predicted octanol–water partition coefficient (Wildman–Crippen LogP) is 1.60. The summed E-state index contributed by atoms with van der Waals surface area (Å²) in [6.45, 7) is 5.38. The highest BCUT2D eigenvalue weighted by atomic mass is 32.1. The van der Waals surface area contributed by atoms with E-state index in [2.05, 4.69) is 9.59 Å². The molecule has 1 saturated carbocycles. The normalized spacial score (nSPS) is 20.2. The SMILES string of the molecule is Cc1nnsc1C(=O)C1C(=O)CC(C)(C)CC1=O. The Labute approximate surface area is 109 Å². The molecule has 0 aliphatic heterocycles. The van der Waals surface area contributed by atoms with Crippen LogP contribution in [0.5, 0.6) is 0 Å². The zero-order chi connectivity index (χ0) is 13.5. The summed E-state index contributed by atoms with van der Waals surface area (Å²) in [6.07, 6.45) is 0.529. The lowest BCUT2D eigenvalue weighted by Gasteiger charge is -2.31. The standard InChI is InChI=1S/C12H14N2O3S/c1-6-11(18-14-13-6)10(17)9-7(15)4-12(2,3)5-8(9)16/h9H,4-5H2,1-3H3. The molecule has 0 bridgehead atoms. The van der Waals surface area contributed by atoms with Crippen LogP contribution >= 0.6 is 11.5 Å². The Balaban J connectivity index is 2.29. The van der Waals surface area contributed by atoms with Crippen LogP contribution in [0.3, 0.4) is 0 Å². The van der Waals surface area contributed by atoms with Crippen molar-refractivity contribution in [2.45, 2.75) is 33.6 Å². The molecule has 0 atom stereocenters. The third kappa shape index (κ3) is 2.25. The average molecular weight is 266 g/mol. The topological polar surface area (TPSA) is 77.0 Å². The lowest BCUT2D eigenvalue weighted by molar-refractivity contribution is -0.137. The van der Waals surface area contributed by atoms with Gasteiger partial charge in [-0.2, -0.15) is 0 Å². The number of hydrogen-bond donors (Lipinski definition) is 0. The molecule has 18 heavy (non-hydrogen) atoms. The zero-order valence-electron chi connectivity index (χ0n) is 10.5. The molecule has 5 nitrogen and oxygen atoms in total. The molecule has 1 aromatic heterocycles. The molecule has 1 aliphatic rings. The second-order valence-electron chi connectivity index (χ2n) is 5.44. The first kappa shape index (κ1) is 13.0. The first-order valence-electron chi connectivity index (χ1n) is 5.70. The van der Waals surface area contributed by atoms with Gasteiger partial charge < -0.3 is 0 Å². The van der Waals surface area contributed by atoms with E-state index >= 15 is 0 Å². The van der Waals surface area contributed by atoms with Crippen molar-refractivity contribution in [3.05, 3.63) is 10.6 Å². The van der Waals surface area contributed by atoms with Crippen LogP contribution in [0, 0.1) is 18.3 Å². The molecule has 0 radical (unpaired) electrons. The summed E-state index contributed by atoms with van der Waals surface area (Å²) in [7, 11) is 0. The number of aryl methyl sites for hydroxylation is 1. The Morgan fingerprint density at radius 3 is 2.28 bits per heavy atom. The minimum atomic E-state index is -1.14. The fraction of sp³-hybridized carbons (Fsp3) is 0.583. The van der Waals surface area contributed by atoms with Gasteiger partial charge in [-0.15, -0.1) is 5.10 Å². The van der Waals surface area contributed by atoms with Crippen LogP contribution in [0.15, 0.2) is 0 Å². The van der Waals surface area contributed by atoms with Crippen molar-refractivity contribution in [3.8, 4) is 0 Å². The van der Waals surface area contributed by atoms with E-state index < -0.39 is 11.7 Å². The summed E-state index contributed by atoms with van der Waals surface area (Å²) in [4.78, 5) is 36.5. The smallest absolute Gasteiger partial charge is 0.194 e. The highest BCUT2D eigenvalue weighted by Crippen LogP contribution is 2.35. The van der Waals surface area contributed by atoms with Gasteiger partial charge in [-0.1, -0.05) is 18.3 Å². The van der Waals surface area contributed by atoms with Crippen LogP contribution < -0.4 is 0 Å². The van der Waals surface area contributed by atoms with Crippen LogP contribution in [-0.4, -0.2) is 26.9 Å². The van der Waals surface area contributed by atoms with E-state index in [1.807, 2.05) is 13.8 Å². The van der Waals surface area contributed by atoms with E-state index in [0.717, 1.165) is 11.5 Å². The lowest BCUT2D eigenvalue weighted by atomic mass is 9.70. The van der Waals surface area contributed by atoms with Crippen molar-refractivity contribution in [2.24, 2.45) is 11.3 Å². The molecule has 0 amide bonds. The molecule has 0 N–H and O–H groups in total. The number of carbonyl (C=O) groups excluding carboxylic acids is 3. The van der Waals surface area contributed by atoms with Crippen molar-refractivity contribution in [1.29, 1.82) is 0 Å². The predicted molar refractivity (Wildman–Crippen MR) is 65.5 cm³/mol. The Morgan fingerprint density at radius 2 is 1.83 bits per heavy atom. The van der Waals surface area contributed by atoms with Crippen LogP contribution in [0.1, 0.15) is 42.1 Å². The molecule has 96 valence electrons. The summed E-state index contributed by atoms with van der Waals surface area (Å²) < 4.78 is 3.66. The summed E-state index contributed by atoms with van der Waals surface area (Å²) in [5.41, 5.74) is 0.141. The van der Waals surface area contributed by atoms with Crippen molar-refractivity contribution >= 4 is 28.9 Å². The molecule has 0 aromatic carbocycles. The Kier molecular flexibility index (Phi) is 3.14. The van der Waals surface area contributed by atoms with Crippen molar-refractivity contribution in [3.63, 3.8) is 0 Å². The Hall–Kier alpha value is -1.43. The first-order chi connectivity index (χ1) is 8.32. The van der Waals surface area contributed by atoms with Gasteiger partial charge in [-0.05, 0) is 23.9 Å². The third-order valence-electron chi connectivity index (χ3n) is 3.09. The fourth-order valence-electron chi connectivity index (χ4n) is 2.27. The number of nitrogens with zero attached hydrogens (tertiary/aromatic N) is 2. The molecular formula is C12H14N2O3S. The summed E-state index contributed by atoms with van der Waals surface area (Å²) in [6, 6.07) is 0. The average Bonchev–Trinajstić information content (AvgIpc) is 2.60. The molecular weight excluding hydrogens is 252 g/mol. The van der Waals surface area contributed by atoms with Crippen molar-refractivity contribution in [2.75, 3.05) is 0 Å². The molecule has 1 aromatic rings. The van der Waals surface area contributed by atoms with E-state index in [-0.39, 0.29) is 29.8 Å². The van der Waals surface area contributed by atoms with Crippen LogP contribution in [0.4, 0.5) is 0 Å². The fourth-order valence-corrected chi connectivity index (χ4v) is 2.90. The van der Waals surface area contributed by atoms with Gasteiger partial charge in [0.1, 0.15) is 10.8 Å². The van der Waals surface area contributed by atoms with E-state index in [1.54, 1.807) is 6.92 Å². The Morgan fingerprint density at radius 1 is 1.28 bits per heavy atom. The van der Waals surface area contributed by atoms with Crippen molar-refractivity contribution < 1.29 is 14.4 Å². The highest BCUT2D eigenvalue weighted by molar-refractivity contribution is 7.08. The number of Topliss-reactive ketones (excluding diaryl/α,β-unsaturated/α-hetero) is 3. The summed E-state index contributed by atoms with van der Waals surface area (Å²) >= 11 is 0.940. The second kappa shape index (κ2) is 4.35.